The van der Waals surface area contributed by atoms with E-state index in [0.29, 0.717) is 54.3 Å². The Bertz CT molecular complexity index is 1580. The fourth-order valence-corrected chi connectivity index (χ4v) is 4.44. The molecule has 0 aliphatic carbocycles. The van der Waals surface area contributed by atoms with Gasteiger partial charge in [-0.05, 0) is 38.0 Å². The number of hydrogen-bond acceptors (Lipinski definition) is 8. The molecule has 4 aromatic heterocycles. The summed E-state index contributed by atoms with van der Waals surface area (Å²) in [6.07, 6.45) is 4.38. The second-order valence-electron chi connectivity index (χ2n) is 8.96. The first-order valence-corrected chi connectivity index (χ1v) is 12.2. The van der Waals surface area contributed by atoms with E-state index in [2.05, 4.69) is 19.9 Å². The number of pyridine rings is 3. The zero-order chi connectivity index (χ0) is 27.0. The zero-order valence-corrected chi connectivity index (χ0v) is 21.3. The van der Waals surface area contributed by atoms with Crippen LogP contribution in [0, 0.1) is 25.5 Å². The summed E-state index contributed by atoms with van der Waals surface area (Å²) in [4.78, 5) is 32.3. The van der Waals surface area contributed by atoms with Crippen molar-refractivity contribution in [2.45, 2.75) is 33.0 Å². The first kappa shape index (κ1) is 25.7. The highest BCUT2D eigenvalue weighted by atomic mass is 35.5. The van der Waals surface area contributed by atoms with Gasteiger partial charge in [0.15, 0.2) is 5.82 Å². The van der Waals surface area contributed by atoms with Crippen molar-refractivity contribution in [1.82, 2.24) is 24.5 Å². The third-order valence-electron chi connectivity index (χ3n) is 6.22. The van der Waals surface area contributed by atoms with Crippen molar-refractivity contribution < 1.29 is 18.6 Å². The number of halogens is 3. The fourth-order valence-electron chi connectivity index (χ4n) is 4.24. The molecule has 5 rings (SSSR count). The van der Waals surface area contributed by atoms with Crippen molar-refractivity contribution in [3.63, 3.8) is 0 Å². The number of aryl methyl sites for hydroxylation is 2. The second-order valence-corrected chi connectivity index (χ2v) is 9.34. The van der Waals surface area contributed by atoms with Gasteiger partial charge in [-0.3, -0.25) is 19.3 Å². The molecule has 0 aromatic carbocycles. The number of nitrogens with zero attached hydrogens (tertiary/aromatic N) is 6. The van der Waals surface area contributed by atoms with E-state index < -0.39 is 23.3 Å². The number of rotatable bonds is 6. The van der Waals surface area contributed by atoms with Gasteiger partial charge in [-0.15, -0.1) is 0 Å². The van der Waals surface area contributed by atoms with Crippen molar-refractivity contribution >= 4 is 17.5 Å². The molecule has 1 fully saturated rings. The summed E-state index contributed by atoms with van der Waals surface area (Å²) in [6, 6.07) is 5.73. The molecule has 5 heterocycles. The maximum absolute atomic E-state index is 13.9. The standard InChI is InChI=1S/C26H23ClF2N6O3/c1-14-10-31-20(19-3-5-30-26(33-19)34-6-4-17(36)12-34)9-22(14)35-15(2)7-23(24(27)25(35)37)38-13-21-18(29)8-16(28)11-32-21/h3,5,7-11,17,36H,4,6,12-13H2,1-2H3. The Hall–Kier alpha value is -3.96. The van der Waals surface area contributed by atoms with Crippen LogP contribution in [0.4, 0.5) is 14.7 Å². The lowest BCUT2D eigenvalue weighted by Crippen LogP contribution is -2.23. The monoisotopic (exact) mass is 540 g/mol. The molecule has 0 radical (unpaired) electrons. The lowest BCUT2D eigenvalue weighted by molar-refractivity contribution is 0.198. The largest absolute Gasteiger partial charge is 0.485 e. The molecule has 1 aliphatic heterocycles. The highest BCUT2D eigenvalue weighted by molar-refractivity contribution is 6.31. The van der Waals surface area contributed by atoms with Gasteiger partial charge in [0.05, 0.1) is 29.4 Å². The van der Waals surface area contributed by atoms with E-state index in [4.69, 9.17) is 16.3 Å². The van der Waals surface area contributed by atoms with Crippen LogP contribution in [-0.2, 0) is 6.61 Å². The molecule has 196 valence electrons. The minimum Gasteiger partial charge on any atom is -0.485 e. The number of anilines is 1. The van der Waals surface area contributed by atoms with Crippen LogP contribution >= 0.6 is 11.6 Å². The van der Waals surface area contributed by atoms with E-state index >= 15 is 0 Å². The Morgan fingerprint density at radius 2 is 1.95 bits per heavy atom. The number of ether oxygens (including phenoxy) is 1. The van der Waals surface area contributed by atoms with Crippen LogP contribution in [0.1, 0.15) is 23.4 Å². The first-order valence-electron chi connectivity index (χ1n) is 11.8. The van der Waals surface area contributed by atoms with Crippen LogP contribution in [0.25, 0.3) is 17.1 Å². The Balaban J connectivity index is 1.47. The smallest absolute Gasteiger partial charge is 0.277 e. The Labute approximate surface area is 221 Å². The average molecular weight is 541 g/mol. The summed E-state index contributed by atoms with van der Waals surface area (Å²) in [6.45, 7) is 4.31. The lowest BCUT2D eigenvalue weighted by atomic mass is 10.1. The summed E-state index contributed by atoms with van der Waals surface area (Å²) >= 11 is 6.37. The molecule has 4 aromatic rings. The second kappa shape index (κ2) is 10.4. The van der Waals surface area contributed by atoms with E-state index in [9.17, 15) is 18.7 Å². The van der Waals surface area contributed by atoms with E-state index in [0.717, 1.165) is 11.8 Å². The molecular weight excluding hydrogens is 518 g/mol. The lowest BCUT2D eigenvalue weighted by Gasteiger charge is -2.17. The predicted molar refractivity (Wildman–Crippen MR) is 137 cm³/mol. The van der Waals surface area contributed by atoms with Crippen LogP contribution in [0.15, 0.2) is 47.7 Å². The van der Waals surface area contributed by atoms with Gasteiger partial charge in [0.1, 0.15) is 28.9 Å². The molecule has 0 saturated carbocycles. The molecule has 0 spiro atoms. The molecular formula is C26H23ClF2N6O3. The summed E-state index contributed by atoms with van der Waals surface area (Å²) < 4.78 is 34.1. The maximum Gasteiger partial charge on any atom is 0.277 e. The number of hydrogen-bond donors (Lipinski definition) is 1. The van der Waals surface area contributed by atoms with Crippen molar-refractivity contribution in [2.75, 3.05) is 18.0 Å². The highest BCUT2D eigenvalue weighted by Gasteiger charge is 2.23. The molecule has 1 N–H and O–H groups in total. The maximum atomic E-state index is 13.9. The summed E-state index contributed by atoms with van der Waals surface area (Å²) in [7, 11) is 0. The van der Waals surface area contributed by atoms with Gasteiger partial charge in [-0.25, -0.2) is 18.7 Å². The van der Waals surface area contributed by atoms with Gasteiger partial charge in [-0.1, -0.05) is 11.6 Å². The van der Waals surface area contributed by atoms with Gasteiger partial charge < -0.3 is 14.7 Å². The van der Waals surface area contributed by atoms with E-state index in [-0.39, 0.29) is 23.1 Å². The molecule has 9 nitrogen and oxygen atoms in total. The third-order valence-corrected chi connectivity index (χ3v) is 6.56. The normalized spacial score (nSPS) is 15.2. The van der Waals surface area contributed by atoms with Crippen LogP contribution in [0.3, 0.4) is 0 Å². The topological polar surface area (TPSA) is 106 Å². The molecule has 0 amide bonds. The number of aromatic nitrogens is 5. The van der Waals surface area contributed by atoms with E-state index in [1.165, 1.54) is 4.57 Å². The van der Waals surface area contributed by atoms with Crippen LogP contribution in [0.2, 0.25) is 5.02 Å². The highest BCUT2D eigenvalue weighted by Crippen LogP contribution is 2.28. The molecule has 1 saturated heterocycles. The molecule has 1 unspecified atom stereocenters. The van der Waals surface area contributed by atoms with Crippen LogP contribution in [0.5, 0.6) is 5.75 Å². The van der Waals surface area contributed by atoms with Crippen molar-refractivity contribution in [3.05, 3.63) is 86.8 Å². The van der Waals surface area contributed by atoms with Gasteiger partial charge in [0.2, 0.25) is 5.95 Å². The van der Waals surface area contributed by atoms with Crippen LogP contribution < -0.4 is 15.2 Å². The van der Waals surface area contributed by atoms with Crippen molar-refractivity contribution in [1.29, 1.82) is 0 Å². The van der Waals surface area contributed by atoms with Crippen LogP contribution in [-0.4, -0.2) is 48.8 Å². The predicted octanol–water partition coefficient (Wildman–Crippen LogP) is 3.78. The minimum absolute atomic E-state index is 0.0520. The Morgan fingerprint density at radius 3 is 2.68 bits per heavy atom. The summed E-state index contributed by atoms with van der Waals surface area (Å²) in [5.41, 5.74) is 2.21. The van der Waals surface area contributed by atoms with Crippen molar-refractivity contribution in [3.8, 4) is 22.8 Å². The van der Waals surface area contributed by atoms with E-state index in [1.807, 2.05) is 11.8 Å². The first-order chi connectivity index (χ1) is 18.2. The molecule has 1 atom stereocenters. The van der Waals surface area contributed by atoms with Crippen molar-refractivity contribution in [2.24, 2.45) is 0 Å². The third kappa shape index (κ3) is 5.07. The number of β-amino-alcohol motifs (C(OH)–C–C–N with tert-alkyl or cyclic N) is 1. The number of aliphatic hydroxyl groups excluding tert-OH is 1. The summed E-state index contributed by atoms with van der Waals surface area (Å²) in [5, 5.41) is 9.65. The molecule has 1 aliphatic rings. The average Bonchev–Trinajstić information content (AvgIpc) is 3.33. The number of aliphatic hydroxyl groups is 1. The van der Waals surface area contributed by atoms with Gasteiger partial charge in [0.25, 0.3) is 5.56 Å². The van der Waals surface area contributed by atoms with E-state index in [1.54, 1.807) is 37.5 Å². The quantitative estimate of drug-likeness (QED) is 0.394. The fraction of sp³-hybridized carbons (Fsp3) is 0.269. The SMILES string of the molecule is Cc1cnc(-c2ccnc(N3CCC(O)C3)n2)cc1-n1c(C)cc(OCc2ncc(F)cc2F)c(Cl)c1=O. The molecule has 0 bridgehead atoms. The summed E-state index contributed by atoms with van der Waals surface area (Å²) in [5.74, 6) is -1.12. The zero-order valence-electron chi connectivity index (χ0n) is 20.5. The van der Waals surface area contributed by atoms with Gasteiger partial charge >= 0.3 is 0 Å². The molecule has 12 heteroatoms. The van der Waals surface area contributed by atoms with Gasteiger partial charge in [0, 0.05) is 43.3 Å². The molecule has 38 heavy (non-hydrogen) atoms. The Kier molecular flexibility index (Phi) is 7.04. The Morgan fingerprint density at radius 1 is 1.13 bits per heavy atom. The van der Waals surface area contributed by atoms with Gasteiger partial charge in [-0.2, -0.15) is 0 Å². The minimum atomic E-state index is -0.861.